The molecule has 0 amide bonds. The third-order valence-corrected chi connectivity index (χ3v) is 4.82. The molecular weight excluding hydrogens is 380 g/mol. The average Bonchev–Trinajstić information content (AvgIpc) is 2.75. The van der Waals surface area contributed by atoms with Crippen molar-refractivity contribution in [1.82, 2.24) is 0 Å². The number of hydrogen-bond acceptors (Lipinski definition) is 3. The number of methoxy groups -OCH3 is 1. The van der Waals surface area contributed by atoms with Gasteiger partial charge in [0.2, 0.25) is 0 Å². The number of thiophene rings is 1. The van der Waals surface area contributed by atoms with Crippen LogP contribution in [0.5, 0.6) is 5.75 Å². The Morgan fingerprint density at radius 2 is 2.11 bits per heavy atom. The summed E-state index contributed by atoms with van der Waals surface area (Å²) in [5.41, 5.74) is 0.652. The highest BCUT2D eigenvalue weighted by Gasteiger charge is 2.13. The van der Waals surface area contributed by atoms with Crippen molar-refractivity contribution < 1.29 is 9.53 Å². The molecule has 0 unspecified atom stereocenters. The SMILES string of the molecule is COc1ccc(Br)c(C(=O)Cc2cc(Br)cs2)c1. The van der Waals surface area contributed by atoms with Crippen molar-refractivity contribution in [2.24, 2.45) is 0 Å². The van der Waals surface area contributed by atoms with Crippen LogP contribution >= 0.6 is 43.2 Å². The van der Waals surface area contributed by atoms with E-state index in [1.54, 1.807) is 24.5 Å². The van der Waals surface area contributed by atoms with E-state index in [4.69, 9.17) is 4.74 Å². The maximum Gasteiger partial charge on any atom is 0.169 e. The second-order valence-corrected chi connectivity index (χ2v) is 6.44. The minimum atomic E-state index is 0.0788. The topological polar surface area (TPSA) is 26.3 Å². The van der Waals surface area contributed by atoms with E-state index in [0.717, 1.165) is 13.8 Å². The quantitative estimate of drug-likeness (QED) is 0.708. The normalized spacial score (nSPS) is 10.4. The van der Waals surface area contributed by atoms with Crippen molar-refractivity contribution in [3.05, 3.63) is 49.0 Å². The van der Waals surface area contributed by atoms with Gasteiger partial charge in [0.05, 0.1) is 7.11 Å². The van der Waals surface area contributed by atoms with Crippen LogP contribution in [0.3, 0.4) is 0 Å². The summed E-state index contributed by atoms with van der Waals surface area (Å²) in [4.78, 5) is 13.3. The summed E-state index contributed by atoms with van der Waals surface area (Å²) in [6.45, 7) is 0. The molecule has 0 fully saturated rings. The molecular formula is C13H10Br2O2S. The standard InChI is InChI=1S/C13H10Br2O2S/c1-17-9-2-3-12(15)11(5-9)13(16)6-10-4-8(14)7-18-10/h2-5,7H,6H2,1H3. The lowest BCUT2D eigenvalue weighted by Gasteiger charge is -2.05. The van der Waals surface area contributed by atoms with E-state index in [0.29, 0.717) is 17.7 Å². The molecule has 1 heterocycles. The van der Waals surface area contributed by atoms with Gasteiger partial charge in [0, 0.05) is 31.2 Å². The summed E-state index contributed by atoms with van der Waals surface area (Å²) in [6.07, 6.45) is 0.405. The number of carbonyl (C=O) groups is 1. The molecule has 2 rings (SSSR count). The predicted octanol–water partition coefficient (Wildman–Crippen LogP) is 4.71. The van der Waals surface area contributed by atoms with Crippen LogP contribution in [0.25, 0.3) is 0 Å². The van der Waals surface area contributed by atoms with Crippen LogP contribution in [0, 0.1) is 0 Å². The van der Waals surface area contributed by atoms with Gasteiger partial charge in [0.25, 0.3) is 0 Å². The smallest absolute Gasteiger partial charge is 0.169 e. The summed E-state index contributed by atoms with van der Waals surface area (Å²) < 4.78 is 6.95. The van der Waals surface area contributed by atoms with Gasteiger partial charge in [0.1, 0.15) is 5.75 Å². The predicted molar refractivity (Wildman–Crippen MR) is 80.7 cm³/mol. The number of benzene rings is 1. The van der Waals surface area contributed by atoms with Gasteiger partial charge >= 0.3 is 0 Å². The van der Waals surface area contributed by atoms with Crippen LogP contribution in [0.2, 0.25) is 0 Å². The Balaban J connectivity index is 2.23. The summed E-state index contributed by atoms with van der Waals surface area (Å²) in [7, 11) is 1.59. The number of rotatable bonds is 4. The Labute approximate surface area is 126 Å². The molecule has 2 aromatic rings. The molecule has 18 heavy (non-hydrogen) atoms. The van der Waals surface area contributed by atoms with E-state index >= 15 is 0 Å². The van der Waals surface area contributed by atoms with E-state index in [9.17, 15) is 4.79 Å². The molecule has 5 heteroatoms. The van der Waals surface area contributed by atoms with E-state index < -0.39 is 0 Å². The maximum atomic E-state index is 12.2. The molecule has 0 saturated heterocycles. The number of hydrogen-bond donors (Lipinski definition) is 0. The van der Waals surface area contributed by atoms with Gasteiger partial charge in [-0.15, -0.1) is 11.3 Å². The summed E-state index contributed by atoms with van der Waals surface area (Å²) in [5, 5.41) is 1.98. The maximum absolute atomic E-state index is 12.2. The van der Waals surface area contributed by atoms with Gasteiger partial charge < -0.3 is 4.74 Å². The van der Waals surface area contributed by atoms with Gasteiger partial charge in [-0.1, -0.05) is 15.9 Å². The van der Waals surface area contributed by atoms with Crippen molar-refractivity contribution in [2.45, 2.75) is 6.42 Å². The number of carbonyl (C=O) groups excluding carboxylic acids is 1. The van der Waals surface area contributed by atoms with Crippen molar-refractivity contribution in [1.29, 1.82) is 0 Å². The van der Waals surface area contributed by atoms with Gasteiger partial charge in [0.15, 0.2) is 5.78 Å². The number of ether oxygens (including phenoxy) is 1. The third-order valence-electron chi connectivity index (χ3n) is 2.43. The molecule has 0 aliphatic heterocycles. The second-order valence-electron chi connectivity index (χ2n) is 3.68. The molecule has 0 bridgehead atoms. The molecule has 0 N–H and O–H groups in total. The Bertz CT molecular complexity index is 578. The summed E-state index contributed by atoms with van der Waals surface area (Å²) in [6, 6.07) is 7.38. The first-order valence-electron chi connectivity index (χ1n) is 5.20. The van der Waals surface area contributed by atoms with Crippen molar-refractivity contribution in [3.8, 4) is 5.75 Å². The van der Waals surface area contributed by atoms with E-state index in [-0.39, 0.29) is 5.78 Å². The monoisotopic (exact) mass is 388 g/mol. The van der Waals surface area contributed by atoms with Gasteiger partial charge in [-0.25, -0.2) is 0 Å². The van der Waals surface area contributed by atoms with Crippen LogP contribution in [0.1, 0.15) is 15.2 Å². The van der Waals surface area contributed by atoms with Crippen molar-refractivity contribution in [2.75, 3.05) is 7.11 Å². The number of ketones is 1. The zero-order valence-electron chi connectivity index (χ0n) is 9.57. The van der Waals surface area contributed by atoms with Crippen LogP contribution < -0.4 is 4.74 Å². The number of halogens is 2. The van der Waals surface area contributed by atoms with Crippen LogP contribution in [0.4, 0.5) is 0 Å². The molecule has 0 radical (unpaired) electrons. The van der Waals surface area contributed by atoms with Crippen LogP contribution in [0.15, 0.2) is 38.6 Å². The Morgan fingerprint density at radius 1 is 1.33 bits per heavy atom. The van der Waals surface area contributed by atoms with Crippen molar-refractivity contribution in [3.63, 3.8) is 0 Å². The lowest BCUT2D eigenvalue weighted by Crippen LogP contribution is -2.03. The fourth-order valence-electron chi connectivity index (χ4n) is 1.55. The van der Waals surface area contributed by atoms with Crippen LogP contribution in [-0.4, -0.2) is 12.9 Å². The molecule has 0 aliphatic carbocycles. The lowest BCUT2D eigenvalue weighted by molar-refractivity contribution is 0.0992. The molecule has 0 saturated carbocycles. The zero-order chi connectivity index (χ0) is 13.1. The minimum Gasteiger partial charge on any atom is -0.497 e. The highest BCUT2D eigenvalue weighted by Crippen LogP contribution is 2.26. The summed E-state index contributed by atoms with van der Waals surface area (Å²) in [5.74, 6) is 0.768. The van der Waals surface area contributed by atoms with Gasteiger partial charge in [-0.2, -0.15) is 0 Å². The largest absolute Gasteiger partial charge is 0.497 e. The minimum absolute atomic E-state index is 0.0788. The first-order chi connectivity index (χ1) is 8.60. The highest BCUT2D eigenvalue weighted by atomic mass is 79.9. The van der Waals surface area contributed by atoms with E-state index in [1.165, 1.54) is 0 Å². The number of Topliss-reactive ketones (excluding diaryl/α,β-unsaturated/α-hetero) is 1. The van der Waals surface area contributed by atoms with E-state index in [2.05, 4.69) is 31.9 Å². The van der Waals surface area contributed by atoms with Crippen molar-refractivity contribution >= 4 is 49.0 Å². The average molecular weight is 390 g/mol. The molecule has 0 spiro atoms. The summed E-state index contributed by atoms with van der Waals surface area (Å²) >= 11 is 8.36. The first kappa shape index (κ1) is 13.8. The molecule has 1 aromatic carbocycles. The Morgan fingerprint density at radius 3 is 2.72 bits per heavy atom. The molecule has 0 aliphatic rings. The van der Waals surface area contributed by atoms with E-state index in [1.807, 2.05) is 23.6 Å². The Kier molecular flexibility index (Phi) is 4.59. The zero-order valence-corrected chi connectivity index (χ0v) is 13.6. The Hall–Kier alpha value is -0.650. The third kappa shape index (κ3) is 3.22. The van der Waals surface area contributed by atoms with Gasteiger partial charge in [-0.3, -0.25) is 4.79 Å². The molecule has 2 nitrogen and oxygen atoms in total. The second kappa shape index (κ2) is 5.99. The molecule has 1 aromatic heterocycles. The van der Waals surface area contributed by atoms with Gasteiger partial charge in [-0.05, 0) is 40.2 Å². The first-order valence-corrected chi connectivity index (χ1v) is 7.66. The highest BCUT2D eigenvalue weighted by molar-refractivity contribution is 9.10. The molecule has 0 atom stereocenters. The molecule has 94 valence electrons. The fourth-order valence-corrected chi connectivity index (χ4v) is 3.46. The fraction of sp³-hybridized carbons (Fsp3) is 0.154. The van der Waals surface area contributed by atoms with Crippen LogP contribution in [-0.2, 0) is 6.42 Å². The lowest BCUT2D eigenvalue weighted by atomic mass is 10.1.